The van der Waals surface area contributed by atoms with Crippen LogP contribution in [0.2, 0.25) is 0 Å². The molecule has 2 aliphatic rings. The number of hydrogen-bond acceptors (Lipinski definition) is 9. The average molecular weight is 583 g/mol. The number of nitrogens with zero attached hydrogens (tertiary/aromatic N) is 5. The standard InChI is InChI=1S/C29H38N6O7/c1-2-42-29(41)35-15-13-34(14-16-35)28(40)23(10-11-25(37)38)32-27(39)24-17-21(18-33-12-6-9-22(36)19-33)30-26(31-24)20-7-4-3-5-8-20/h3-5,7-8,17,22-23,36H,2,6,9-16,18-19H2,1H3,(H,32,39)(H,37,38)/t22-,23?/m0/s1. The Bertz CT molecular complexity index is 1250. The number of piperazine rings is 1. The molecule has 3 N–H and O–H groups in total. The third-order valence-electron chi connectivity index (χ3n) is 7.28. The SMILES string of the molecule is CCOC(=O)N1CCN(C(=O)C(CCC(=O)O)NC(=O)c2cc(CN3CCC[C@H](O)C3)nc(-c3ccccc3)n2)CC1. The Morgan fingerprint density at radius 1 is 1.05 bits per heavy atom. The average Bonchev–Trinajstić information content (AvgIpc) is 2.99. The lowest BCUT2D eigenvalue weighted by molar-refractivity contribution is -0.138. The summed E-state index contributed by atoms with van der Waals surface area (Å²) in [5.41, 5.74) is 1.35. The van der Waals surface area contributed by atoms with E-state index in [1.54, 1.807) is 13.0 Å². The van der Waals surface area contributed by atoms with Gasteiger partial charge in [0, 0.05) is 51.3 Å². The molecule has 2 aliphatic heterocycles. The molecule has 4 rings (SSSR count). The number of carboxylic acids is 1. The van der Waals surface area contributed by atoms with Crippen molar-refractivity contribution in [3.05, 3.63) is 47.8 Å². The van der Waals surface area contributed by atoms with Crippen LogP contribution in [0.1, 0.15) is 48.8 Å². The van der Waals surface area contributed by atoms with Crippen molar-refractivity contribution in [1.82, 2.24) is 30.0 Å². The zero-order valence-electron chi connectivity index (χ0n) is 23.8. The first-order valence-corrected chi connectivity index (χ1v) is 14.3. The maximum Gasteiger partial charge on any atom is 0.409 e. The number of carbonyl (C=O) groups is 4. The Labute approximate surface area is 244 Å². The van der Waals surface area contributed by atoms with Gasteiger partial charge in [-0.2, -0.15) is 0 Å². The number of aliphatic hydroxyl groups excluding tert-OH is 1. The lowest BCUT2D eigenvalue weighted by Crippen LogP contribution is -2.56. The van der Waals surface area contributed by atoms with E-state index in [2.05, 4.69) is 20.2 Å². The number of piperidine rings is 1. The molecule has 2 fully saturated rings. The Morgan fingerprint density at radius 2 is 1.76 bits per heavy atom. The molecule has 3 amide bonds. The van der Waals surface area contributed by atoms with Crippen molar-refractivity contribution in [2.45, 2.75) is 51.3 Å². The van der Waals surface area contributed by atoms with E-state index in [9.17, 15) is 29.4 Å². The van der Waals surface area contributed by atoms with E-state index < -0.39 is 36.0 Å². The number of benzene rings is 1. The number of rotatable bonds is 10. The number of likely N-dealkylation sites (tertiary alicyclic amines) is 1. The fourth-order valence-electron chi connectivity index (χ4n) is 5.12. The van der Waals surface area contributed by atoms with E-state index >= 15 is 0 Å². The molecule has 42 heavy (non-hydrogen) atoms. The van der Waals surface area contributed by atoms with Crippen molar-refractivity contribution in [2.75, 3.05) is 45.9 Å². The maximum absolute atomic E-state index is 13.5. The van der Waals surface area contributed by atoms with Crippen LogP contribution in [0.4, 0.5) is 4.79 Å². The fraction of sp³-hybridized carbons (Fsp3) is 0.517. The van der Waals surface area contributed by atoms with Crippen molar-refractivity contribution >= 4 is 23.9 Å². The van der Waals surface area contributed by atoms with Gasteiger partial charge in [0.15, 0.2) is 5.82 Å². The van der Waals surface area contributed by atoms with Gasteiger partial charge in [-0.3, -0.25) is 19.3 Å². The number of ether oxygens (including phenoxy) is 1. The number of carbonyl (C=O) groups excluding carboxylic acids is 3. The maximum atomic E-state index is 13.5. The van der Waals surface area contributed by atoms with Crippen LogP contribution in [-0.4, -0.2) is 117 Å². The zero-order valence-corrected chi connectivity index (χ0v) is 23.8. The van der Waals surface area contributed by atoms with Crippen LogP contribution >= 0.6 is 0 Å². The molecule has 0 saturated carbocycles. The monoisotopic (exact) mass is 582 g/mol. The largest absolute Gasteiger partial charge is 0.481 e. The van der Waals surface area contributed by atoms with E-state index in [0.29, 0.717) is 30.2 Å². The normalized spacial score (nSPS) is 18.3. The first-order chi connectivity index (χ1) is 20.2. The molecule has 226 valence electrons. The summed E-state index contributed by atoms with van der Waals surface area (Å²) in [7, 11) is 0. The van der Waals surface area contributed by atoms with Crippen LogP contribution in [0.5, 0.6) is 0 Å². The second-order valence-corrected chi connectivity index (χ2v) is 10.4. The number of β-amino-alcohol motifs (C(OH)–C–C–N with tert-alkyl or cyclic N) is 1. The molecule has 0 bridgehead atoms. The van der Waals surface area contributed by atoms with Gasteiger partial charge in [-0.05, 0) is 38.8 Å². The van der Waals surface area contributed by atoms with Gasteiger partial charge in [0.25, 0.3) is 5.91 Å². The second kappa shape index (κ2) is 14.7. The number of hydrogen-bond donors (Lipinski definition) is 3. The topological polar surface area (TPSA) is 166 Å². The molecule has 0 aliphatic carbocycles. The van der Waals surface area contributed by atoms with E-state index in [1.165, 1.54) is 9.80 Å². The van der Waals surface area contributed by atoms with Gasteiger partial charge in [-0.25, -0.2) is 14.8 Å². The molecular weight excluding hydrogens is 544 g/mol. The van der Waals surface area contributed by atoms with Crippen LogP contribution in [0.25, 0.3) is 11.4 Å². The number of amides is 3. The summed E-state index contributed by atoms with van der Waals surface area (Å²) in [5, 5.41) is 22.1. The summed E-state index contributed by atoms with van der Waals surface area (Å²) in [6, 6.07) is 9.68. The Hall–Kier alpha value is -4.10. The molecule has 1 unspecified atom stereocenters. The number of nitrogens with one attached hydrogen (secondary N) is 1. The van der Waals surface area contributed by atoms with Gasteiger partial charge in [-0.15, -0.1) is 0 Å². The highest BCUT2D eigenvalue weighted by atomic mass is 16.6. The predicted molar refractivity (Wildman–Crippen MR) is 151 cm³/mol. The summed E-state index contributed by atoms with van der Waals surface area (Å²) >= 11 is 0. The molecule has 2 atom stereocenters. The number of aliphatic carboxylic acids is 1. The highest BCUT2D eigenvalue weighted by molar-refractivity contribution is 5.96. The minimum Gasteiger partial charge on any atom is -0.481 e. The third-order valence-corrected chi connectivity index (χ3v) is 7.28. The number of carboxylic acid groups (broad SMARTS) is 1. The third kappa shape index (κ3) is 8.46. The molecule has 1 aromatic heterocycles. The predicted octanol–water partition coefficient (Wildman–Crippen LogP) is 1.36. The Morgan fingerprint density at radius 3 is 2.43 bits per heavy atom. The minimum absolute atomic E-state index is 0.0525. The van der Waals surface area contributed by atoms with Gasteiger partial charge in [0.1, 0.15) is 11.7 Å². The number of aromatic nitrogens is 2. The van der Waals surface area contributed by atoms with Crippen molar-refractivity contribution in [1.29, 1.82) is 0 Å². The van der Waals surface area contributed by atoms with E-state index in [-0.39, 0.29) is 51.3 Å². The van der Waals surface area contributed by atoms with Gasteiger partial charge in [0.2, 0.25) is 5.91 Å². The second-order valence-electron chi connectivity index (χ2n) is 10.4. The smallest absolute Gasteiger partial charge is 0.409 e. The van der Waals surface area contributed by atoms with E-state index in [0.717, 1.165) is 19.4 Å². The van der Waals surface area contributed by atoms with Gasteiger partial charge < -0.3 is 30.1 Å². The van der Waals surface area contributed by atoms with Crippen molar-refractivity contribution < 1.29 is 34.1 Å². The Balaban J connectivity index is 1.53. The van der Waals surface area contributed by atoms with Gasteiger partial charge in [0.05, 0.1) is 18.4 Å². The van der Waals surface area contributed by atoms with Crippen LogP contribution in [0.15, 0.2) is 36.4 Å². The highest BCUT2D eigenvalue weighted by Crippen LogP contribution is 2.19. The fourth-order valence-corrected chi connectivity index (χ4v) is 5.12. The molecule has 13 nitrogen and oxygen atoms in total. The minimum atomic E-state index is -1.10. The van der Waals surface area contributed by atoms with Crippen LogP contribution in [0, 0.1) is 0 Å². The van der Waals surface area contributed by atoms with Gasteiger partial charge in [-0.1, -0.05) is 30.3 Å². The van der Waals surface area contributed by atoms with Crippen LogP contribution in [-0.2, 0) is 20.9 Å². The molecule has 3 heterocycles. The molecule has 0 spiro atoms. The molecule has 0 radical (unpaired) electrons. The van der Waals surface area contributed by atoms with Crippen molar-refractivity contribution in [2.24, 2.45) is 0 Å². The van der Waals surface area contributed by atoms with E-state index in [4.69, 9.17) is 4.74 Å². The van der Waals surface area contributed by atoms with Crippen molar-refractivity contribution in [3.63, 3.8) is 0 Å². The van der Waals surface area contributed by atoms with Crippen LogP contribution in [0.3, 0.4) is 0 Å². The van der Waals surface area contributed by atoms with E-state index in [1.807, 2.05) is 30.3 Å². The number of aliphatic hydroxyl groups is 1. The van der Waals surface area contributed by atoms with Gasteiger partial charge >= 0.3 is 12.1 Å². The van der Waals surface area contributed by atoms with Crippen LogP contribution < -0.4 is 5.32 Å². The molecular formula is C29H38N6O7. The highest BCUT2D eigenvalue weighted by Gasteiger charge is 2.31. The molecule has 13 heteroatoms. The summed E-state index contributed by atoms with van der Waals surface area (Å²) in [6.07, 6.45) is 0.304. The Kier molecular flexibility index (Phi) is 10.8. The van der Waals surface area contributed by atoms with Crippen molar-refractivity contribution in [3.8, 4) is 11.4 Å². The molecule has 2 saturated heterocycles. The first kappa shape index (κ1) is 30.8. The lowest BCUT2D eigenvalue weighted by Gasteiger charge is -2.35. The zero-order chi connectivity index (χ0) is 30.1. The molecule has 1 aromatic carbocycles. The summed E-state index contributed by atoms with van der Waals surface area (Å²) < 4.78 is 5.03. The molecule has 2 aromatic rings. The summed E-state index contributed by atoms with van der Waals surface area (Å²) in [5.74, 6) is -1.79. The summed E-state index contributed by atoms with van der Waals surface area (Å²) in [6.45, 7) is 4.66. The quantitative estimate of drug-likeness (QED) is 0.372. The summed E-state index contributed by atoms with van der Waals surface area (Å²) in [4.78, 5) is 64.6. The lowest BCUT2D eigenvalue weighted by atomic mass is 10.1. The first-order valence-electron chi connectivity index (χ1n) is 14.3.